The van der Waals surface area contributed by atoms with Crippen LogP contribution in [-0.2, 0) is 24.8 Å². The highest BCUT2D eigenvalue weighted by molar-refractivity contribution is 7.91. The van der Waals surface area contributed by atoms with Crippen molar-refractivity contribution in [3.63, 3.8) is 0 Å². The molecule has 6 nitrogen and oxygen atoms in total. The molecule has 0 unspecified atom stereocenters. The van der Waals surface area contributed by atoms with Gasteiger partial charge in [0.25, 0.3) is 0 Å². The summed E-state index contributed by atoms with van der Waals surface area (Å²) in [7, 11) is -3.34. The maximum atomic E-state index is 11.9. The number of rotatable bonds is 13. The number of carbonyl (C=O) groups is 1. The second-order valence-electron chi connectivity index (χ2n) is 8.55. The summed E-state index contributed by atoms with van der Waals surface area (Å²) in [5, 5.41) is 0.849. The van der Waals surface area contributed by atoms with E-state index < -0.39 is 27.3 Å². The van der Waals surface area contributed by atoms with Crippen LogP contribution in [0.5, 0.6) is 11.5 Å². The smallest absolute Gasteiger partial charge is 0.303 e. The van der Waals surface area contributed by atoms with E-state index in [9.17, 15) is 13.2 Å². The molecule has 0 N–H and O–H groups in total. The molecule has 2 aromatic rings. The summed E-state index contributed by atoms with van der Waals surface area (Å²) < 4.78 is 40.4. The largest absolute Gasteiger partial charge is 0.490 e. The fraction of sp³-hybridized carbons (Fsp3) is 0.480. The minimum Gasteiger partial charge on any atom is -0.490 e. The highest BCUT2D eigenvalue weighted by Crippen LogP contribution is 2.40. The van der Waals surface area contributed by atoms with Crippen LogP contribution in [0, 0.1) is 0 Å². The van der Waals surface area contributed by atoms with Crippen molar-refractivity contribution in [2.24, 2.45) is 0 Å². The number of sulfone groups is 1. The minimum absolute atomic E-state index is 0.0386. The monoisotopic (exact) mass is 564 g/mol. The highest BCUT2D eigenvalue weighted by atomic mass is 35.5. The first-order valence-electron chi connectivity index (χ1n) is 11.2. The SMILES string of the molecule is CCS(=O)(=O)C[C@H](COc1ccc(C(C)(C)c2cc(Cl)c(OCCCCl)c(Cl)c2)cc1)OC(C)=O. The van der Waals surface area contributed by atoms with Crippen molar-refractivity contribution in [1.29, 1.82) is 0 Å². The van der Waals surface area contributed by atoms with Crippen LogP contribution in [-0.4, -0.2) is 51.1 Å². The summed E-state index contributed by atoms with van der Waals surface area (Å²) in [5.41, 5.74) is 1.46. The molecule has 0 saturated heterocycles. The molecule has 2 rings (SSSR count). The standard InChI is InChI=1S/C25H31Cl3O6S/c1-5-35(30,31)16-21(34-17(2)29)15-33-20-9-7-18(8-10-20)25(3,4)19-13-22(27)24(23(28)14-19)32-12-6-11-26/h7-10,13-14,21H,5-6,11-12,15-16H2,1-4H3/t21-/m0/s1. The predicted octanol–water partition coefficient (Wildman–Crippen LogP) is 6.07. The number of esters is 1. The topological polar surface area (TPSA) is 78.9 Å². The van der Waals surface area contributed by atoms with Crippen molar-refractivity contribution < 1.29 is 27.4 Å². The number of carbonyl (C=O) groups excluding carboxylic acids is 1. The molecule has 0 fully saturated rings. The van der Waals surface area contributed by atoms with Crippen LogP contribution in [0.4, 0.5) is 0 Å². The van der Waals surface area contributed by atoms with Crippen molar-refractivity contribution >= 4 is 50.6 Å². The molecular formula is C25H31Cl3O6S. The molecule has 35 heavy (non-hydrogen) atoms. The van der Waals surface area contributed by atoms with Gasteiger partial charge in [0.15, 0.2) is 15.6 Å². The van der Waals surface area contributed by atoms with Gasteiger partial charge in [-0.15, -0.1) is 11.6 Å². The Balaban J connectivity index is 2.15. The van der Waals surface area contributed by atoms with Crippen LogP contribution >= 0.6 is 34.8 Å². The normalized spacial score (nSPS) is 12.8. The Morgan fingerprint density at radius 2 is 1.63 bits per heavy atom. The molecule has 1 atom stereocenters. The molecule has 0 aromatic heterocycles. The van der Waals surface area contributed by atoms with Crippen LogP contribution in [0.1, 0.15) is 45.2 Å². The van der Waals surface area contributed by atoms with Crippen LogP contribution in [0.15, 0.2) is 36.4 Å². The van der Waals surface area contributed by atoms with Gasteiger partial charge < -0.3 is 14.2 Å². The summed E-state index contributed by atoms with van der Waals surface area (Å²) in [5.74, 6) is 0.561. The minimum atomic E-state index is -3.34. The molecule has 0 spiro atoms. The van der Waals surface area contributed by atoms with Crippen LogP contribution < -0.4 is 9.47 Å². The van der Waals surface area contributed by atoms with Crippen molar-refractivity contribution in [2.45, 2.75) is 45.6 Å². The molecule has 0 heterocycles. The molecule has 0 saturated carbocycles. The first-order chi connectivity index (χ1) is 16.4. The number of alkyl halides is 1. The first-order valence-corrected chi connectivity index (χ1v) is 14.3. The Bertz CT molecular complexity index is 1080. The van der Waals surface area contributed by atoms with Crippen LogP contribution in [0.2, 0.25) is 10.0 Å². The lowest BCUT2D eigenvalue weighted by molar-refractivity contribution is -0.146. The van der Waals surface area contributed by atoms with E-state index in [-0.39, 0.29) is 18.1 Å². The number of benzene rings is 2. The van der Waals surface area contributed by atoms with E-state index in [1.807, 2.05) is 38.1 Å². The van der Waals surface area contributed by atoms with E-state index >= 15 is 0 Å². The van der Waals surface area contributed by atoms with E-state index in [4.69, 9.17) is 49.0 Å². The van der Waals surface area contributed by atoms with Gasteiger partial charge in [-0.2, -0.15) is 0 Å². The zero-order valence-corrected chi connectivity index (χ0v) is 23.4. The molecule has 0 radical (unpaired) electrons. The van der Waals surface area contributed by atoms with Crippen molar-refractivity contribution in [3.8, 4) is 11.5 Å². The van der Waals surface area contributed by atoms with E-state index in [0.29, 0.717) is 40.5 Å². The van der Waals surface area contributed by atoms with Gasteiger partial charge in [-0.3, -0.25) is 4.79 Å². The Morgan fingerprint density at radius 1 is 1.03 bits per heavy atom. The second-order valence-corrected chi connectivity index (χ2v) is 12.1. The zero-order chi connectivity index (χ0) is 26.2. The maximum Gasteiger partial charge on any atom is 0.303 e. The quantitative estimate of drug-likeness (QED) is 0.167. The van der Waals surface area contributed by atoms with Crippen molar-refractivity contribution in [2.75, 3.05) is 30.6 Å². The van der Waals surface area contributed by atoms with E-state index in [1.165, 1.54) is 6.92 Å². The number of halogens is 3. The third kappa shape index (κ3) is 8.74. The van der Waals surface area contributed by atoms with Crippen LogP contribution in [0.25, 0.3) is 0 Å². The lowest BCUT2D eigenvalue weighted by atomic mass is 9.78. The van der Waals surface area contributed by atoms with E-state index in [1.54, 1.807) is 19.1 Å². The molecule has 0 amide bonds. The molecule has 0 aliphatic heterocycles. The Morgan fingerprint density at radius 3 is 2.14 bits per heavy atom. The fourth-order valence-electron chi connectivity index (χ4n) is 3.36. The van der Waals surface area contributed by atoms with Gasteiger partial charge in [-0.25, -0.2) is 8.42 Å². The highest BCUT2D eigenvalue weighted by Gasteiger charge is 2.26. The number of hydrogen-bond acceptors (Lipinski definition) is 6. The van der Waals surface area contributed by atoms with Gasteiger partial charge in [0, 0.05) is 24.0 Å². The second kappa shape index (κ2) is 13.0. The summed E-state index contributed by atoms with van der Waals surface area (Å²) in [6.07, 6.45) is -0.200. The molecule has 0 aliphatic rings. The van der Waals surface area contributed by atoms with E-state index in [2.05, 4.69) is 0 Å². The molecule has 0 aliphatic carbocycles. The molecule has 10 heteroatoms. The predicted molar refractivity (Wildman–Crippen MR) is 141 cm³/mol. The first kappa shape index (κ1) is 29.6. The Labute approximate surface area is 222 Å². The average molecular weight is 566 g/mol. The van der Waals surface area contributed by atoms with Gasteiger partial charge in [0.2, 0.25) is 0 Å². The van der Waals surface area contributed by atoms with Gasteiger partial charge in [0.05, 0.1) is 22.4 Å². The lowest BCUT2D eigenvalue weighted by Crippen LogP contribution is -2.32. The Hall–Kier alpha value is -1.67. The van der Waals surface area contributed by atoms with Gasteiger partial charge in [0.1, 0.15) is 18.5 Å². The van der Waals surface area contributed by atoms with Gasteiger partial charge in [-0.05, 0) is 41.8 Å². The molecule has 2 aromatic carbocycles. The van der Waals surface area contributed by atoms with Crippen molar-refractivity contribution in [3.05, 3.63) is 57.6 Å². The summed E-state index contributed by atoms with van der Waals surface area (Å²) in [4.78, 5) is 11.4. The van der Waals surface area contributed by atoms with Crippen LogP contribution in [0.3, 0.4) is 0 Å². The van der Waals surface area contributed by atoms with Gasteiger partial charge >= 0.3 is 5.97 Å². The molecule has 194 valence electrons. The van der Waals surface area contributed by atoms with Gasteiger partial charge in [-0.1, -0.05) is 56.1 Å². The van der Waals surface area contributed by atoms with Crippen molar-refractivity contribution in [1.82, 2.24) is 0 Å². The van der Waals surface area contributed by atoms with E-state index in [0.717, 1.165) is 11.1 Å². The number of ether oxygens (including phenoxy) is 3. The summed E-state index contributed by atoms with van der Waals surface area (Å²) in [6, 6.07) is 11.1. The fourth-order valence-corrected chi connectivity index (χ4v) is 5.03. The maximum absolute atomic E-state index is 11.9. The Kier molecular flexibility index (Phi) is 11.0. The lowest BCUT2D eigenvalue weighted by Gasteiger charge is -2.27. The zero-order valence-electron chi connectivity index (χ0n) is 20.3. The third-order valence-corrected chi connectivity index (χ3v) is 8.06. The average Bonchev–Trinajstić information content (AvgIpc) is 2.79. The molecular weight excluding hydrogens is 535 g/mol. The summed E-state index contributed by atoms with van der Waals surface area (Å²) >= 11 is 18.6. The number of hydrogen-bond donors (Lipinski definition) is 0. The summed E-state index contributed by atoms with van der Waals surface area (Å²) in [6.45, 7) is 7.23. The third-order valence-electron chi connectivity index (χ3n) is 5.47. The molecule has 0 bridgehead atoms.